The molecule has 5 nitrogen and oxygen atoms in total. The normalized spacial score (nSPS) is 15.0. The standard InChI is InChI=1S/C20H25N3O2/c1-17-7-9-19(10-8-17)25-16-21-20(24)23-13-11-22(12-14-23)15-18-5-3-2-4-6-18/h2-10H,11-16H2,1H3,(H,21,24). The van der Waals surface area contributed by atoms with Gasteiger partial charge in [0.25, 0.3) is 0 Å². The number of carbonyl (C=O) groups is 1. The molecule has 132 valence electrons. The average molecular weight is 339 g/mol. The van der Waals surface area contributed by atoms with Gasteiger partial charge in [-0.1, -0.05) is 48.0 Å². The fraction of sp³-hybridized carbons (Fsp3) is 0.350. The van der Waals surface area contributed by atoms with Crippen molar-refractivity contribution in [3.8, 4) is 5.75 Å². The van der Waals surface area contributed by atoms with Gasteiger partial charge < -0.3 is 15.0 Å². The smallest absolute Gasteiger partial charge is 0.320 e. The molecular formula is C20H25N3O2. The highest BCUT2D eigenvalue weighted by molar-refractivity contribution is 5.74. The minimum atomic E-state index is -0.0635. The zero-order valence-electron chi connectivity index (χ0n) is 14.6. The van der Waals surface area contributed by atoms with E-state index in [1.165, 1.54) is 11.1 Å². The van der Waals surface area contributed by atoms with Gasteiger partial charge in [-0.2, -0.15) is 0 Å². The predicted octanol–water partition coefficient (Wildman–Crippen LogP) is 2.86. The number of carbonyl (C=O) groups excluding carboxylic acids is 1. The largest absolute Gasteiger partial charge is 0.473 e. The van der Waals surface area contributed by atoms with Crippen LogP contribution in [-0.2, 0) is 6.54 Å². The summed E-state index contributed by atoms with van der Waals surface area (Å²) in [6.45, 7) is 6.41. The molecule has 0 saturated carbocycles. The van der Waals surface area contributed by atoms with Gasteiger partial charge in [0, 0.05) is 32.7 Å². The monoisotopic (exact) mass is 339 g/mol. The molecule has 0 spiro atoms. The summed E-state index contributed by atoms with van der Waals surface area (Å²) < 4.78 is 5.55. The van der Waals surface area contributed by atoms with E-state index in [1.54, 1.807) is 0 Å². The molecule has 0 unspecified atom stereocenters. The van der Waals surface area contributed by atoms with Gasteiger partial charge >= 0.3 is 6.03 Å². The summed E-state index contributed by atoms with van der Waals surface area (Å²) in [7, 11) is 0. The molecule has 0 aromatic heterocycles. The highest BCUT2D eigenvalue weighted by Crippen LogP contribution is 2.11. The van der Waals surface area contributed by atoms with Gasteiger partial charge in [0.05, 0.1) is 0 Å². The number of piperazine rings is 1. The number of nitrogens with one attached hydrogen (secondary N) is 1. The van der Waals surface area contributed by atoms with Crippen LogP contribution in [-0.4, -0.2) is 48.7 Å². The van der Waals surface area contributed by atoms with Crippen molar-refractivity contribution in [1.82, 2.24) is 15.1 Å². The van der Waals surface area contributed by atoms with Crippen molar-refractivity contribution in [2.75, 3.05) is 32.9 Å². The van der Waals surface area contributed by atoms with Gasteiger partial charge in [0.15, 0.2) is 6.73 Å². The van der Waals surface area contributed by atoms with Crippen LogP contribution in [0.5, 0.6) is 5.75 Å². The van der Waals surface area contributed by atoms with Crippen molar-refractivity contribution in [2.45, 2.75) is 13.5 Å². The first-order chi connectivity index (χ1) is 12.2. The molecule has 2 amide bonds. The number of benzene rings is 2. The molecule has 1 saturated heterocycles. The van der Waals surface area contributed by atoms with Gasteiger partial charge in [-0.3, -0.25) is 4.90 Å². The van der Waals surface area contributed by atoms with Crippen LogP contribution < -0.4 is 10.1 Å². The van der Waals surface area contributed by atoms with Crippen molar-refractivity contribution in [3.05, 3.63) is 65.7 Å². The lowest BCUT2D eigenvalue weighted by atomic mass is 10.2. The quantitative estimate of drug-likeness (QED) is 0.852. The van der Waals surface area contributed by atoms with E-state index in [9.17, 15) is 4.79 Å². The maximum Gasteiger partial charge on any atom is 0.320 e. The number of rotatable bonds is 5. The van der Waals surface area contributed by atoms with Crippen LogP contribution in [0.3, 0.4) is 0 Å². The van der Waals surface area contributed by atoms with Gasteiger partial charge in [0.2, 0.25) is 0 Å². The molecule has 0 radical (unpaired) electrons. The zero-order valence-corrected chi connectivity index (χ0v) is 14.6. The summed E-state index contributed by atoms with van der Waals surface area (Å²) in [5.74, 6) is 0.763. The Morgan fingerprint density at radius 3 is 2.36 bits per heavy atom. The van der Waals surface area contributed by atoms with Gasteiger partial charge in [-0.15, -0.1) is 0 Å². The number of nitrogens with zero attached hydrogens (tertiary/aromatic N) is 2. The topological polar surface area (TPSA) is 44.8 Å². The first-order valence-corrected chi connectivity index (χ1v) is 8.69. The van der Waals surface area contributed by atoms with Crippen LogP contribution in [0.4, 0.5) is 4.79 Å². The third kappa shape index (κ3) is 5.22. The van der Waals surface area contributed by atoms with Crippen molar-refractivity contribution in [1.29, 1.82) is 0 Å². The molecule has 5 heteroatoms. The summed E-state index contributed by atoms with van der Waals surface area (Å²) in [6.07, 6.45) is 0. The Balaban J connectivity index is 1.37. The summed E-state index contributed by atoms with van der Waals surface area (Å²) in [6, 6.07) is 18.2. The van der Waals surface area contributed by atoms with E-state index in [1.807, 2.05) is 42.2 Å². The number of hydrogen-bond donors (Lipinski definition) is 1. The van der Waals surface area contributed by atoms with Crippen molar-refractivity contribution in [2.24, 2.45) is 0 Å². The molecule has 1 aliphatic rings. The summed E-state index contributed by atoms with van der Waals surface area (Å²) in [5, 5.41) is 2.83. The van der Waals surface area contributed by atoms with Crippen molar-refractivity contribution < 1.29 is 9.53 Å². The molecule has 25 heavy (non-hydrogen) atoms. The number of ether oxygens (including phenoxy) is 1. The van der Waals surface area contributed by atoms with E-state index < -0.39 is 0 Å². The van der Waals surface area contributed by atoms with Crippen molar-refractivity contribution >= 4 is 6.03 Å². The van der Waals surface area contributed by atoms with E-state index in [-0.39, 0.29) is 12.8 Å². The SMILES string of the molecule is Cc1ccc(OCNC(=O)N2CCN(Cc3ccccc3)CC2)cc1. The maximum absolute atomic E-state index is 12.2. The fourth-order valence-electron chi connectivity index (χ4n) is 2.88. The number of aryl methyl sites for hydroxylation is 1. The first kappa shape index (κ1) is 17.3. The molecule has 3 rings (SSSR count). The molecule has 1 heterocycles. The Morgan fingerprint density at radius 2 is 1.68 bits per heavy atom. The number of amides is 2. The third-order valence-corrected chi connectivity index (χ3v) is 4.39. The lowest BCUT2D eigenvalue weighted by Crippen LogP contribution is -2.51. The number of urea groups is 1. The second kappa shape index (κ2) is 8.53. The lowest BCUT2D eigenvalue weighted by molar-refractivity contribution is 0.130. The maximum atomic E-state index is 12.2. The Hall–Kier alpha value is -2.53. The van der Waals surface area contributed by atoms with Gasteiger partial charge in [0.1, 0.15) is 5.75 Å². The average Bonchev–Trinajstić information content (AvgIpc) is 2.65. The van der Waals surface area contributed by atoms with E-state index in [2.05, 4.69) is 34.5 Å². The molecule has 2 aromatic rings. The lowest BCUT2D eigenvalue weighted by Gasteiger charge is -2.34. The summed E-state index contributed by atoms with van der Waals surface area (Å²) in [4.78, 5) is 16.4. The minimum absolute atomic E-state index is 0.0635. The summed E-state index contributed by atoms with van der Waals surface area (Å²) in [5.41, 5.74) is 2.50. The Bertz CT molecular complexity index is 665. The zero-order chi connectivity index (χ0) is 17.5. The molecule has 1 fully saturated rings. The fourth-order valence-corrected chi connectivity index (χ4v) is 2.88. The van der Waals surface area contributed by atoms with Crippen molar-refractivity contribution in [3.63, 3.8) is 0 Å². The van der Waals surface area contributed by atoms with Crippen LogP contribution in [0, 0.1) is 6.92 Å². The molecular weight excluding hydrogens is 314 g/mol. The second-order valence-electron chi connectivity index (χ2n) is 6.33. The van der Waals surface area contributed by atoms with E-state index in [0.717, 1.165) is 38.5 Å². The Labute approximate surface area is 149 Å². The Morgan fingerprint density at radius 1 is 1.00 bits per heavy atom. The number of hydrogen-bond acceptors (Lipinski definition) is 3. The van der Waals surface area contributed by atoms with E-state index in [4.69, 9.17) is 4.74 Å². The highest BCUT2D eigenvalue weighted by atomic mass is 16.5. The van der Waals surface area contributed by atoms with E-state index >= 15 is 0 Å². The summed E-state index contributed by atoms with van der Waals surface area (Å²) >= 11 is 0. The van der Waals surface area contributed by atoms with Gasteiger partial charge in [-0.25, -0.2) is 4.79 Å². The predicted molar refractivity (Wildman–Crippen MR) is 98.5 cm³/mol. The van der Waals surface area contributed by atoms with Gasteiger partial charge in [-0.05, 0) is 24.6 Å². The van der Waals surface area contributed by atoms with Crippen LogP contribution in [0.25, 0.3) is 0 Å². The molecule has 1 aliphatic heterocycles. The molecule has 2 aromatic carbocycles. The highest BCUT2D eigenvalue weighted by Gasteiger charge is 2.20. The molecule has 0 aliphatic carbocycles. The van der Waals surface area contributed by atoms with Crippen LogP contribution >= 0.6 is 0 Å². The van der Waals surface area contributed by atoms with Crippen LogP contribution in [0.1, 0.15) is 11.1 Å². The molecule has 0 atom stereocenters. The molecule has 1 N–H and O–H groups in total. The third-order valence-electron chi connectivity index (χ3n) is 4.39. The minimum Gasteiger partial charge on any atom is -0.473 e. The Kier molecular flexibility index (Phi) is 5.90. The van der Waals surface area contributed by atoms with Crippen LogP contribution in [0.2, 0.25) is 0 Å². The van der Waals surface area contributed by atoms with Crippen LogP contribution in [0.15, 0.2) is 54.6 Å². The first-order valence-electron chi connectivity index (χ1n) is 8.69. The second-order valence-corrected chi connectivity index (χ2v) is 6.33. The molecule has 0 bridgehead atoms. The van der Waals surface area contributed by atoms with E-state index in [0.29, 0.717) is 0 Å².